The minimum atomic E-state index is 0.175. The Morgan fingerprint density at radius 3 is 1.74 bits per heavy atom. The van der Waals surface area contributed by atoms with Gasteiger partial charge in [-0.2, -0.15) is 0 Å². The van der Waals surface area contributed by atoms with E-state index in [0.29, 0.717) is 0 Å². The van der Waals surface area contributed by atoms with Crippen LogP contribution < -0.4 is 4.90 Å². The standard InChI is InChI=1S/C48H34N2.C4H10/c1-3-13-33(14-4-1)35-25-27-39(28-26-35)49-43-23-9-7-21-41(43)47-45(49)29-30-46-48(47)42-22-8-10-24-44(42)50(46)40-20-12-19-38(32-40)37-18-11-17-36(31-37)34-15-5-2-6-16-34;1-3-4-2/h1-32,45,47H;3-4H2,1-2H3. The zero-order chi connectivity index (χ0) is 36.4. The lowest BCUT2D eigenvalue weighted by Crippen LogP contribution is -2.30. The largest absolute Gasteiger partial charge is 0.333 e. The van der Waals surface area contributed by atoms with Crippen molar-refractivity contribution < 1.29 is 0 Å². The number of aromatic nitrogens is 1. The molecule has 0 amide bonds. The van der Waals surface area contributed by atoms with E-state index >= 15 is 0 Å². The van der Waals surface area contributed by atoms with Gasteiger partial charge in [0, 0.05) is 28.4 Å². The number of hydrogen-bond acceptors (Lipinski definition) is 1. The van der Waals surface area contributed by atoms with Gasteiger partial charge >= 0.3 is 0 Å². The molecule has 1 aliphatic carbocycles. The number of nitrogens with zero attached hydrogens (tertiary/aromatic N) is 2. The van der Waals surface area contributed by atoms with Crippen molar-refractivity contribution in [1.29, 1.82) is 0 Å². The van der Waals surface area contributed by atoms with Crippen LogP contribution in [-0.2, 0) is 0 Å². The van der Waals surface area contributed by atoms with E-state index in [1.54, 1.807) is 0 Å². The molecule has 1 aliphatic heterocycles. The highest BCUT2D eigenvalue weighted by atomic mass is 15.2. The van der Waals surface area contributed by atoms with Crippen molar-refractivity contribution in [2.45, 2.75) is 38.6 Å². The molecule has 0 radical (unpaired) electrons. The molecule has 262 valence electrons. The van der Waals surface area contributed by atoms with Crippen molar-refractivity contribution in [2.24, 2.45) is 0 Å². The second-order valence-corrected chi connectivity index (χ2v) is 14.3. The van der Waals surface area contributed by atoms with E-state index in [1.165, 1.54) is 91.0 Å². The van der Waals surface area contributed by atoms with Crippen LogP contribution in [0.25, 0.3) is 56.0 Å². The van der Waals surface area contributed by atoms with Crippen LogP contribution in [-0.4, -0.2) is 10.6 Å². The zero-order valence-electron chi connectivity index (χ0n) is 30.9. The maximum atomic E-state index is 2.54. The van der Waals surface area contributed by atoms with Gasteiger partial charge in [0.05, 0.1) is 17.3 Å². The number of fused-ring (bicyclic) bond motifs is 7. The molecule has 0 spiro atoms. The Labute approximate surface area is 319 Å². The first-order chi connectivity index (χ1) is 26.7. The Kier molecular flexibility index (Phi) is 9.02. The minimum absolute atomic E-state index is 0.175. The summed E-state index contributed by atoms with van der Waals surface area (Å²) in [7, 11) is 0. The van der Waals surface area contributed by atoms with Gasteiger partial charge in [-0.25, -0.2) is 0 Å². The van der Waals surface area contributed by atoms with Crippen molar-refractivity contribution in [3.05, 3.63) is 205 Å². The van der Waals surface area contributed by atoms with Crippen LogP contribution in [0.5, 0.6) is 0 Å². The third kappa shape index (κ3) is 5.94. The highest BCUT2D eigenvalue weighted by molar-refractivity contribution is 5.94. The highest BCUT2D eigenvalue weighted by Crippen LogP contribution is 2.54. The number of hydrogen-bond donors (Lipinski definition) is 0. The Morgan fingerprint density at radius 1 is 0.463 bits per heavy atom. The van der Waals surface area contributed by atoms with Gasteiger partial charge in [-0.05, 0) is 93.0 Å². The summed E-state index contributed by atoms with van der Waals surface area (Å²) in [5.41, 5.74) is 16.3. The molecule has 2 atom stereocenters. The molecule has 0 bridgehead atoms. The van der Waals surface area contributed by atoms with Crippen LogP contribution in [0.2, 0.25) is 0 Å². The number of benzene rings is 7. The lowest BCUT2D eigenvalue weighted by Gasteiger charge is -2.31. The van der Waals surface area contributed by atoms with E-state index in [-0.39, 0.29) is 12.0 Å². The molecule has 2 heterocycles. The summed E-state index contributed by atoms with van der Waals surface area (Å²) in [6.07, 6.45) is 7.44. The van der Waals surface area contributed by atoms with Crippen molar-refractivity contribution in [3.8, 4) is 39.1 Å². The highest BCUT2D eigenvalue weighted by Gasteiger charge is 2.43. The molecule has 2 unspecified atom stereocenters. The minimum Gasteiger partial charge on any atom is -0.333 e. The molecule has 2 heteroatoms. The van der Waals surface area contributed by atoms with Crippen LogP contribution >= 0.6 is 0 Å². The fourth-order valence-electron chi connectivity index (χ4n) is 8.32. The summed E-state index contributed by atoms with van der Waals surface area (Å²) >= 11 is 0. The summed E-state index contributed by atoms with van der Waals surface area (Å²) in [6, 6.07) is 66.4. The van der Waals surface area contributed by atoms with Gasteiger partial charge < -0.3 is 9.47 Å². The van der Waals surface area contributed by atoms with E-state index in [1.807, 2.05) is 0 Å². The molecule has 2 nitrogen and oxygen atoms in total. The van der Waals surface area contributed by atoms with Gasteiger partial charge in [-0.3, -0.25) is 0 Å². The third-order valence-electron chi connectivity index (χ3n) is 11.0. The second-order valence-electron chi connectivity index (χ2n) is 14.3. The van der Waals surface area contributed by atoms with Crippen LogP contribution in [0.15, 0.2) is 188 Å². The Morgan fingerprint density at radius 2 is 1.02 bits per heavy atom. The van der Waals surface area contributed by atoms with Crippen molar-refractivity contribution in [1.82, 2.24) is 4.57 Å². The van der Waals surface area contributed by atoms with Crippen LogP contribution in [0.3, 0.4) is 0 Å². The third-order valence-corrected chi connectivity index (χ3v) is 11.0. The maximum absolute atomic E-state index is 2.54. The summed E-state index contributed by atoms with van der Waals surface area (Å²) < 4.78 is 2.47. The summed E-state index contributed by atoms with van der Waals surface area (Å²) in [5.74, 6) is 0.205. The molecule has 0 N–H and O–H groups in total. The summed E-state index contributed by atoms with van der Waals surface area (Å²) in [4.78, 5) is 2.54. The summed E-state index contributed by atoms with van der Waals surface area (Å²) in [6.45, 7) is 4.36. The zero-order valence-corrected chi connectivity index (χ0v) is 30.9. The molecule has 0 saturated heterocycles. The van der Waals surface area contributed by atoms with Gasteiger partial charge in [-0.1, -0.05) is 172 Å². The summed E-state index contributed by atoms with van der Waals surface area (Å²) in [5, 5.41) is 1.31. The molecule has 54 heavy (non-hydrogen) atoms. The Hall–Kier alpha value is -6.38. The predicted molar refractivity (Wildman–Crippen MR) is 230 cm³/mol. The molecule has 10 rings (SSSR count). The van der Waals surface area contributed by atoms with Gasteiger partial charge in [0.15, 0.2) is 0 Å². The topological polar surface area (TPSA) is 8.17 Å². The lowest BCUT2D eigenvalue weighted by atomic mass is 9.82. The van der Waals surface area contributed by atoms with Crippen molar-refractivity contribution in [2.75, 3.05) is 4.90 Å². The first-order valence-corrected chi connectivity index (χ1v) is 19.3. The SMILES string of the molecule is C1=CC2C(c3ccccc3N2c2ccc(-c3ccccc3)cc2)c2c1n(-c1cccc(-c3cccc(-c4ccccc4)c3)c1)c1ccccc21.CCCC. The van der Waals surface area contributed by atoms with E-state index in [4.69, 9.17) is 0 Å². The van der Waals surface area contributed by atoms with E-state index in [0.717, 1.165) is 0 Å². The molecular weight excluding hydrogens is 653 g/mol. The first-order valence-electron chi connectivity index (χ1n) is 19.3. The van der Waals surface area contributed by atoms with Crippen LogP contribution in [0, 0.1) is 0 Å². The van der Waals surface area contributed by atoms with Gasteiger partial charge in [0.1, 0.15) is 0 Å². The molecule has 0 fully saturated rings. The van der Waals surface area contributed by atoms with Crippen molar-refractivity contribution >= 4 is 28.4 Å². The molecule has 0 saturated carbocycles. The smallest absolute Gasteiger partial charge is 0.0637 e. The Bertz CT molecular complexity index is 2570. The first kappa shape index (κ1) is 33.5. The van der Waals surface area contributed by atoms with Crippen LogP contribution in [0.1, 0.15) is 49.4 Å². The van der Waals surface area contributed by atoms with Crippen molar-refractivity contribution in [3.63, 3.8) is 0 Å². The maximum Gasteiger partial charge on any atom is 0.0637 e. The number of rotatable bonds is 6. The lowest BCUT2D eigenvalue weighted by molar-refractivity contribution is 0.725. The van der Waals surface area contributed by atoms with Gasteiger partial charge in [0.2, 0.25) is 0 Å². The second kappa shape index (κ2) is 14.6. The average molecular weight is 697 g/mol. The van der Waals surface area contributed by atoms with E-state index in [2.05, 4.69) is 217 Å². The monoisotopic (exact) mass is 696 g/mol. The fourth-order valence-corrected chi connectivity index (χ4v) is 8.32. The molecule has 2 aliphatic rings. The predicted octanol–water partition coefficient (Wildman–Crippen LogP) is 14.1. The average Bonchev–Trinajstić information content (AvgIpc) is 3.77. The molecule has 8 aromatic rings. The normalized spacial score (nSPS) is 15.3. The van der Waals surface area contributed by atoms with E-state index in [9.17, 15) is 0 Å². The molecule has 1 aromatic heterocycles. The van der Waals surface area contributed by atoms with E-state index < -0.39 is 0 Å². The van der Waals surface area contributed by atoms with Crippen LogP contribution in [0.4, 0.5) is 11.4 Å². The van der Waals surface area contributed by atoms with Gasteiger partial charge in [-0.15, -0.1) is 0 Å². The van der Waals surface area contributed by atoms with Gasteiger partial charge in [0.25, 0.3) is 0 Å². The number of anilines is 2. The quantitative estimate of drug-likeness (QED) is 0.168. The number of para-hydroxylation sites is 2. The fraction of sp³-hybridized carbons (Fsp3) is 0.115. The molecular formula is C52H44N2. The Balaban J connectivity index is 0.000000918. The number of unbranched alkanes of at least 4 members (excludes halogenated alkanes) is 1. The molecule has 7 aromatic carbocycles.